The van der Waals surface area contributed by atoms with E-state index in [0.29, 0.717) is 25.3 Å². The van der Waals surface area contributed by atoms with Gasteiger partial charge in [0.15, 0.2) is 0 Å². The molecule has 0 aromatic heterocycles. The smallest absolute Gasteiger partial charge is 0.229 e. The Labute approximate surface area is 144 Å². The minimum absolute atomic E-state index is 0.0163. The standard InChI is InChI=1S/C20H27NO3/c1-15(2)17-14-20(11-13-24-17,16-6-4-3-5-7-16)10-12-21-18(22)8-9-19(21)23/h3-7,15,17H,8-14H2,1-2H3/t17-,20-/m1/s1. The Hall–Kier alpha value is -1.68. The van der Waals surface area contributed by atoms with Gasteiger partial charge < -0.3 is 4.74 Å². The van der Waals surface area contributed by atoms with Crippen molar-refractivity contribution in [1.29, 1.82) is 0 Å². The van der Waals surface area contributed by atoms with E-state index in [4.69, 9.17) is 4.74 Å². The van der Waals surface area contributed by atoms with E-state index < -0.39 is 0 Å². The maximum Gasteiger partial charge on any atom is 0.229 e. The summed E-state index contributed by atoms with van der Waals surface area (Å²) in [7, 11) is 0. The normalized spacial score (nSPS) is 28.0. The van der Waals surface area contributed by atoms with Gasteiger partial charge in [-0.25, -0.2) is 0 Å². The lowest BCUT2D eigenvalue weighted by molar-refractivity contribution is -0.138. The average molecular weight is 329 g/mol. The third-order valence-electron chi connectivity index (χ3n) is 5.60. The van der Waals surface area contributed by atoms with Crippen LogP contribution in [-0.4, -0.2) is 36.0 Å². The number of benzene rings is 1. The number of ether oxygens (including phenoxy) is 1. The summed E-state index contributed by atoms with van der Waals surface area (Å²) in [5.74, 6) is 0.426. The average Bonchev–Trinajstić information content (AvgIpc) is 2.92. The summed E-state index contributed by atoms with van der Waals surface area (Å²) in [6, 6.07) is 10.5. The quantitative estimate of drug-likeness (QED) is 0.779. The van der Waals surface area contributed by atoms with E-state index in [1.54, 1.807) is 0 Å². The molecular formula is C20H27NO3. The molecule has 0 saturated carbocycles. The summed E-state index contributed by atoms with van der Waals surface area (Å²) >= 11 is 0. The molecule has 0 N–H and O–H groups in total. The maximum atomic E-state index is 12.0. The Morgan fingerprint density at radius 2 is 1.83 bits per heavy atom. The number of rotatable bonds is 5. The lowest BCUT2D eigenvalue weighted by Gasteiger charge is -2.43. The topological polar surface area (TPSA) is 46.6 Å². The Balaban J connectivity index is 1.82. The van der Waals surface area contributed by atoms with Gasteiger partial charge in [-0.1, -0.05) is 44.2 Å². The first-order chi connectivity index (χ1) is 11.5. The zero-order chi connectivity index (χ0) is 17.2. The molecule has 4 nitrogen and oxygen atoms in total. The van der Waals surface area contributed by atoms with E-state index in [-0.39, 0.29) is 23.3 Å². The van der Waals surface area contributed by atoms with E-state index in [2.05, 4.69) is 38.1 Å². The number of amides is 2. The van der Waals surface area contributed by atoms with Gasteiger partial charge in [0.1, 0.15) is 0 Å². The molecule has 0 spiro atoms. The first kappa shape index (κ1) is 17.2. The lowest BCUT2D eigenvalue weighted by Crippen LogP contribution is -2.43. The lowest BCUT2D eigenvalue weighted by atomic mass is 9.68. The summed E-state index contributed by atoms with van der Waals surface area (Å²) in [4.78, 5) is 25.4. The molecule has 130 valence electrons. The van der Waals surface area contributed by atoms with Gasteiger partial charge in [0, 0.05) is 31.4 Å². The zero-order valence-electron chi connectivity index (χ0n) is 14.7. The first-order valence-corrected chi connectivity index (χ1v) is 9.02. The van der Waals surface area contributed by atoms with Gasteiger partial charge >= 0.3 is 0 Å². The van der Waals surface area contributed by atoms with E-state index in [0.717, 1.165) is 25.9 Å². The molecule has 2 fully saturated rings. The fraction of sp³-hybridized carbons (Fsp3) is 0.600. The molecule has 0 radical (unpaired) electrons. The molecule has 2 aliphatic heterocycles. The number of hydrogen-bond acceptors (Lipinski definition) is 3. The molecule has 2 aliphatic rings. The van der Waals surface area contributed by atoms with Crippen molar-refractivity contribution in [3.63, 3.8) is 0 Å². The van der Waals surface area contributed by atoms with Crippen molar-refractivity contribution in [2.75, 3.05) is 13.2 Å². The molecular weight excluding hydrogens is 302 g/mol. The molecule has 2 amide bonds. The molecule has 2 atom stereocenters. The van der Waals surface area contributed by atoms with Crippen LogP contribution < -0.4 is 0 Å². The van der Waals surface area contributed by atoms with Crippen LogP contribution >= 0.6 is 0 Å². The highest BCUT2D eigenvalue weighted by Crippen LogP contribution is 2.42. The van der Waals surface area contributed by atoms with E-state index in [1.165, 1.54) is 10.5 Å². The largest absolute Gasteiger partial charge is 0.378 e. The summed E-state index contributed by atoms with van der Waals surface area (Å²) in [5, 5.41) is 0. The fourth-order valence-corrected chi connectivity index (χ4v) is 4.00. The number of carbonyl (C=O) groups is 2. The van der Waals surface area contributed by atoms with Crippen molar-refractivity contribution in [1.82, 2.24) is 4.90 Å². The highest BCUT2D eigenvalue weighted by molar-refractivity contribution is 6.01. The fourth-order valence-electron chi connectivity index (χ4n) is 4.00. The van der Waals surface area contributed by atoms with Gasteiger partial charge in [-0.2, -0.15) is 0 Å². The second-order valence-electron chi connectivity index (χ2n) is 7.44. The van der Waals surface area contributed by atoms with Crippen molar-refractivity contribution >= 4 is 11.8 Å². The Morgan fingerprint density at radius 3 is 2.46 bits per heavy atom. The second-order valence-corrected chi connectivity index (χ2v) is 7.44. The number of carbonyl (C=O) groups excluding carboxylic acids is 2. The Bertz CT molecular complexity index is 582. The van der Waals surface area contributed by atoms with Gasteiger partial charge in [-0.3, -0.25) is 14.5 Å². The van der Waals surface area contributed by atoms with Crippen LogP contribution in [0.2, 0.25) is 0 Å². The van der Waals surface area contributed by atoms with Crippen LogP contribution in [0.1, 0.15) is 51.5 Å². The van der Waals surface area contributed by atoms with Crippen LogP contribution in [0, 0.1) is 5.92 Å². The number of likely N-dealkylation sites (tertiary alicyclic amines) is 1. The first-order valence-electron chi connectivity index (χ1n) is 9.02. The minimum atomic E-state index is -0.0179. The van der Waals surface area contributed by atoms with Crippen molar-refractivity contribution in [3.05, 3.63) is 35.9 Å². The van der Waals surface area contributed by atoms with Crippen LogP contribution in [0.25, 0.3) is 0 Å². The van der Waals surface area contributed by atoms with E-state index in [9.17, 15) is 9.59 Å². The number of nitrogens with zero attached hydrogens (tertiary/aromatic N) is 1. The second kappa shape index (κ2) is 7.06. The van der Waals surface area contributed by atoms with Crippen molar-refractivity contribution in [3.8, 4) is 0 Å². The van der Waals surface area contributed by atoms with Crippen LogP contribution in [0.4, 0.5) is 0 Å². The number of hydrogen-bond donors (Lipinski definition) is 0. The SMILES string of the molecule is CC(C)[C@H]1C[C@](CCN2C(=O)CCC2=O)(c2ccccc2)CCO1. The van der Waals surface area contributed by atoms with Crippen LogP contribution in [0.5, 0.6) is 0 Å². The highest BCUT2D eigenvalue weighted by atomic mass is 16.5. The monoisotopic (exact) mass is 329 g/mol. The summed E-state index contributed by atoms with van der Waals surface area (Å²) in [6.07, 6.45) is 3.68. The molecule has 0 aliphatic carbocycles. The van der Waals surface area contributed by atoms with Crippen molar-refractivity contribution in [2.45, 2.75) is 57.5 Å². The highest BCUT2D eigenvalue weighted by Gasteiger charge is 2.40. The maximum absolute atomic E-state index is 12.0. The summed E-state index contributed by atoms with van der Waals surface area (Å²) < 4.78 is 5.98. The zero-order valence-corrected chi connectivity index (χ0v) is 14.7. The van der Waals surface area contributed by atoms with Crippen LogP contribution in [0.3, 0.4) is 0 Å². The molecule has 2 saturated heterocycles. The molecule has 4 heteroatoms. The van der Waals surface area contributed by atoms with Gasteiger partial charge in [0.25, 0.3) is 0 Å². The van der Waals surface area contributed by atoms with Crippen molar-refractivity contribution < 1.29 is 14.3 Å². The molecule has 1 aromatic carbocycles. The molecule has 0 bridgehead atoms. The summed E-state index contributed by atoms with van der Waals surface area (Å²) in [6.45, 7) is 5.65. The van der Waals surface area contributed by atoms with Gasteiger partial charge in [-0.15, -0.1) is 0 Å². The number of imide groups is 1. The van der Waals surface area contributed by atoms with Gasteiger partial charge in [0.2, 0.25) is 11.8 Å². The third-order valence-corrected chi connectivity index (χ3v) is 5.60. The third kappa shape index (κ3) is 3.39. The molecule has 3 rings (SSSR count). The summed E-state index contributed by atoms with van der Waals surface area (Å²) in [5.41, 5.74) is 1.29. The van der Waals surface area contributed by atoms with E-state index in [1.807, 2.05) is 6.07 Å². The molecule has 1 aromatic rings. The molecule has 2 heterocycles. The Kier molecular flexibility index (Phi) is 5.04. The minimum Gasteiger partial charge on any atom is -0.378 e. The van der Waals surface area contributed by atoms with Gasteiger partial charge in [-0.05, 0) is 30.7 Å². The molecule has 0 unspecified atom stereocenters. The van der Waals surface area contributed by atoms with E-state index >= 15 is 0 Å². The molecule has 24 heavy (non-hydrogen) atoms. The van der Waals surface area contributed by atoms with Crippen LogP contribution in [0.15, 0.2) is 30.3 Å². The predicted molar refractivity (Wildman–Crippen MR) is 92.5 cm³/mol. The van der Waals surface area contributed by atoms with Crippen molar-refractivity contribution in [2.24, 2.45) is 5.92 Å². The predicted octanol–water partition coefficient (Wildman–Crippen LogP) is 3.30. The van der Waals surface area contributed by atoms with Gasteiger partial charge in [0.05, 0.1) is 6.10 Å². The van der Waals surface area contributed by atoms with Crippen LogP contribution in [-0.2, 0) is 19.7 Å². The Morgan fingerprint density at radius 1 is 1.17 bits per heavy atom.